The number of ether oxygens (including phenoxy) is 4. The summed E-state index contributed by atoms with van der Waals surface area (Å²) in [7, 11) is 3.37. The third-order valence-corrected chi connectivity index (χ3v) is 11.7. The number of fused-ring (bicyclic) bond motifs is 2. The molecule has 4 aromatic carbocycles. The SMILES string of the molecule is COc1ccccc1-c1c[nH]c2ncc(-c3ccc(O)c(CN4CCOCC4)c3)cc12.COc1ccccc1-c1c[nH]c2ncc(-c3ccc(O)c(CN4CCOCC4)c3)cc12. The van der Waals surface area contributed by atoms with E-state index in [2.05, 4.69) is 66.1 Å². The summed E-state index contributed by atoms with van der Waals surface area (Å²) in [4.78, 5) is 20.4. The summed E-state index contributed by atoms with van der Waals surface area (Å²) in [6.45, 7) is 7.86. The molecule has 0 saturated carbocycles. The summed E-state index contributed by atoms with van der Waals surface area (Å²) < 4.78 is 22.0. The van der Waals surface area contributed by atoms with Crippen molar-refractivity contribution >= 4 is 22.1 Å². The first-order valence-electron chi connectivity index (χ1n) is 20.9. The zero-order valence-electron chi connectivity index (χ0n) is 34.9. The van der Waals surface area contributed by atoms with Crippen molar-refractivity contribution in [2.24, 2.45) is 0 Å². The highest BCUT2D eigenvalue weighted by Gasteiger charge is 2.18. The molecule has 6 heterocycles. The minimum absolute atomic E-state index is 0.320. The van der Waals surface area contributed by atoms with Crippen LogP contribution in [-0.2, 0) is 22.6 Å². The van der Waals surface area contributed by atoms with Gasteiger partial charge in [-0.05, 0) is 59.7 Å². The first-order chi connectivity index (χ1) is 30.4. The van der Waals surface area contributed by atoms with Crippen molar-refractivity contribution < 1.29 is 29.2 Å². The van der Waals surface area contributed by atoms with Crippen LogP contribution >= 0.6 is 0 Å². The molecule has 2 saturated heterocycles. The molecule has 0 atom stereocenters. The molecule has 0 spiro atoms. The number of pyridine rings is 2. The van der Waals surface area contributed by atoms with E-state index in [4.69, 9.17) is 18.9 Å². The third-order valence-electron chi connectivity index (χ3n) is 11.7. The fourth-order valence-electron chi connectivity index (χ4n) is 8.29. The number of methoxy groups -OCH3 is 2. The number of hydrogen-bond donors (Lipinski definition) is 4. The minimum Gasteiger partial charge on any atom is -0.508 e. The van der Waals surface area contributed by atoms with Crippen LogP contribution in [0.5, 0.6) is 23.0 Å². The van der Waals surface area contributed by atoms with E-state index in [1.807, 2.05) is 73.3 Å². The molecule has 2 aliphatic rings. The maximum Gasteiger partial charge on any atom is 0.137 e. The maximum atomic E-state index is 10.4. The normalized spacial score (nSPS) is 14.7. The Morgan fingerprint density at radius 2 is 0.952 bits per heavy atom. The standard InChI is InChI=1S/2C25H25N3O3/c2*1-30-24-5-3-2-4-20(24)22-15-27-25-21(22)13-18(14-26-25)17-6-7-23(29)19(12-17)16-28-8-10-31-11-9-28/h2*2-7,12-15,29H,8-11,16H2,1H3,(H,26,27). The van der Waals surface area contributed by atoms with Gasteiger partial charge in [0.15, 0.2) is 0 Å². The van der Waals surface area contributed by atoms with Gasteiger partial charge in [0.2, 0.25) is 0 Å². The van der Waals surface area contributed by atoms with Crippen molar-refractivity contribution in [3.8, 4) is 67.5 Å². The Kier molecular flexibility index (Phi) is 12.1. The van der Waals surface area contributed by atoms with Crippen LogP contribution in [0, 0.1) is 0 Å². The lowest BCUT2D eigenvalue weighted by molar-refractivity contribution is 0.0338. The maximum absolute atomic E-state index is 10.4. The number of aromatic hydroxyl groups is 2. The second kappa shape index (κ2) is 18.5. The number of benzene rings is 4. The van der Waals surface area contributed by atoms with Crippen LogP contribution in [0.2, 0.25) is 0 Å². The Hall–Kier alpha value is -6.70. The number of phenols is 2. The molecule has 62 heavy (non-hydrogen) atoms. The van der Waals surface area contributed by atoms with E-state index in [0.717, 1.165) is 142 Å². The number of H-pyrrole nitrogens is 2. The molecule has 12 heteroatoms. The molecule has 10 rings (SSSR count). The van der Waals surface area contributed by atoms with E-state index < -0.39 is 0 Å². The number of nitrogens with zero attached hydrogens (tertiary/aromatic N) is 4. The predicted octanol–water partition coefficient (Wildman–Crippen LogP) is 8.89. The van der Waals surface area contributed by atoms with Crippen LogP contribution in [-0.4, -0.2) is 107 Å². The number of para-hydroxylation sites is 2. The van der Waals surface area contributed by atoms with Crippen molar-refractivity contribution in [1.29, 1.82) is 0 Å². The van der Waals surface area contributed by atoms with E-state index in [9.17, 15) is 10.2 Å². The molecular weight excluding hydrogens is 781 g/mol. The molecule has 8 aromatic rings. The number of phenolic OH excluding ortho intramolecular Hbond substituents is 2. The lowest BCUT2D eigenvalue weighted by Crippen LogP contribution is -2.35. The van der Waals surface area contributed by atoms with Crippen molar-refractivity contribution in [2.75, 3.05) is 66.8 Å². The first-order valence-corrected chi connectivity index (χ1v) is 20.9. The van der Waals surface area contributed by atoms with Gasteiger partial charge in [-0.2, -0.15) is 0 Å². The summed E-state index contributed by atoms with van der Waals surface area (Å²) >= 11 is 0. The molecular formula is C50H50N6O6. The molecule has 316 valence electrons. The van der Waals surface area contributed by atoms with Crippen molar-refractivity contribution in [3.05, 3.63) is 133 Å². The summed E-state index contributed by atoms with van der Waals surface area (Å²) in [6.07, 6.45) is 7.69. The Balaban J connectivity index is 0.000000158. The summed E-state index contributed by atoms with van der Waals surface area (Å²) in [5.74, 6) is 2.29. The van der Waals surface area contributed by atoms with Gasteiger partial charge < -0.3 is 39.1 Å². The molecule has 0 bridgehead atoms. The quantitative estimate of drug-likeness (QED) is 0.106. The Morgan fingerprint density at radius 3 is 1.37 bits per heavy atom. The van der Waals surface area contributed by atoms with E-state index in [0.29, 0.717) is 24.6 Å². The number of aromatic nitrogens is 4. The van der Waals surface area contributed by atoms with Crippen molar-refractivity contribution in [2.45, 2.75) is 13.1 Å². The zero-order valence-corrected chi connectivity index (χ0v) is 34.9. The average molecular weight is 831 g/mol. The van der Waals surface area contributed by atoms with Gasteiger partial charge in [0, 0.05) is 119 Å². The molecule has 4 aromatic heterocycles. The molecule has 12 nitrogen and oxygen atoms in total. The highest BCUT2D eigenvalue weighted by atomic mass is 16.5. The molecule has 0 unspecified atom stereocenters. The molecule has 0 aliphatic carbocycles. The van der Waals surface area contributed by atoms with E-state index >= 15 is 0 Å². The number of rotatable bonds is 10. The van der Waals surface area contributed by atoms with E-state index in [-0.39, 0.29) is 0 Å². The molecule has 4 N–H and O–H groups in total. The number of nitrogens with one attached hydrogen (secondary N) is 2. The van der Waals surface area contributed by atoms with Gasteiger partial charge in [-0.25, -0.2) is 9.97 Å². The van der Waals surface area contributed by atoms with Gasteiger partial charge >= 0.3 is 0 Å². The van der Waals surface area contributed by atoms with E-state index in [1.165, 1.54) is 0 Å². The van der Waals surface area contributed by atoms with Crippen LogP contribution in [0.25, 0.3) is 66.6 Å². The monoisotopic (exact) mass is 830 g/mol. The molecule has 0 radical (unpaired) electrons. The first kappa shape index (κ1) is 40.7. The van der Waals surface area contributed by atoms with Gasteiger partial charge in [0.1, 0.15) is 34.3 Å². The fraction of sp³-hybridized carbons (Fsp3) is 0.240. The predicted molar refractivity (Wildman–Crippen MR) is 243 cm³/mol. The van der Waals surface area contributed by atoms with Crippen LogP contribution in [0.15, 0.2) is 122 Å². The second-order valence-corrected chi connectivity index (χ2v) is 15.5. The zero-order chi connectivity index (χ0) is 42.4. The number of hydrogen-bond acceptors (Lipinski definition) is 10. The Labute approximate surface area is 360 Å². The summed E-state index contributed by atoms with van der Waals surface area (Å²) in [6, 6.07) is 31.8. The smallest absolute Gasteiger partial charge is 0.137 e. The Bertz CT molecular complexity index is 2610. The van der Waals surface area contributed by atoms with Crippen molar-refractivity contribution in [1.82, 2.24) is 29.7 Å². The molecule has 2 fully saturated rings. The average Bonchev–Trinajstić information content (AvgIpc) is 3.95. The second-order valence-electron chi connectivity index (χ2n) is 15.5. The van der Waals surface area contributed by atoms with Crippen LogP contribution < -0.4 is 9.47 Å². The van der Waals surface area contributed by atoms with Gasteiger partial charge in [-0.15, -0.1) is 0 Å². The summed E-state index contributed by atoms with van der Waals surface area (Å²) in [5.41, 5.74) is 11.7. The van der Waals surface area contributed by atoms with Gasteiger partial charge in [-0.1, -0.05) is 48.5 Å². The summed E-state index contributed by atoms with van der Waals surface area (Å²) in [5, 5.41) is 22.9. The fourth-order valence-corrected chi connectivity index (χ4v) is 8.29. The lowest BCUT2D eigenvalue weighted by atomic mass is 10.00. The largest absolute Gasteiger partial charge is 0.508 e. The van der Waals surface area contributed by atoms with Crippen molar-refractivity contribution in [3.63, 3.8) is 0 Å². The molecule has 0 amide bonds. The number of aromatic amines is 2. The van der Waals surface area contributed by atoms with Gasteiger partial charge in [-0.3, -0.25) is 9.80 Å². The van der Waals surface area contributed by atoms with Gasteiger partial charge in [0.25, 0.3) is 0 Å². The van der Waals surface area contributed by atoms with Crippen LogP contribution in [0.3, 0.4) is 0 Å². The Morgan fingerprint density at radius 1 is 0.532 bits per heavy atom. The number of morpholine rings is 2. The lowest BCUT2D eigenvalue weighted by Gasteiger charge is -2.27. The third kappa shape index (κ3) is 8.72. The minimum atomic E-state index is 0.320. The van der Waals surface area contributed by atoms with Crippen LogP contribution in [0.4, 0.5) is 0 Å². The van der Waals surface area contributed by atoms with E-state index in [1.54, 1.807) is 26.4 Å². The highest BCUT2D eigenvalue weighted by Crippen LogP contribution is 2.38. The molecule has 2 aliphatic heterocycles. The topological polar surface area (TPSA) is 141 Å². The highest BCUT2D eigenvalue weighted by molar-refractivity contribution is 5.98. The van der Waals surface area contributed by atoms with Crippen LogP contribution in [0.1, 0.15) is 11.1 Å². The van der Waals surface area contributed by atoms with Gasteiger partial charge in [0.05, 0.1) is 40.6 Å².